The van der Waals surface area contributed by atoms with Gasteiger partial charge in [-0.15, -0.1) is 0 Å². The molecule has 0 saturated carbocycles. The Labute approximate surface area is 104 Å². The number of halogens is 1. The van der Waals surface area contributed by atoms with Crippen LogP contribution in [0.2, 0.25) is 0 Å². The molecular weight excluding hydrogens is 272 g/mol. The van der Waals surface area contributed by atoms with E-state index < -0.39 is 0 Å². The molecule has 1 saturated heterocycles. The highest BCUT2D eigenvalue weighted by molar-refractivity contribution is 9.10. The quantitative estimate of drug-likeness (QED) is 0.853. The van der Waals surface area contributed by atoms with Crippen LogP contribution in [0.15, 0.2) is 22.7 Å². The molecule has 3 nitrogen and oxygen atoms in total. The van der Waals surface area contributed by atoms with E-state index in [2.05, 4.69) is 15.9 Å². The zero-order valence-electron chi connectivity index (χ0n) is 9.24. The zero-order valence-corrected chi connectivity index (χ0v) is 10.8. The fourth-order valence-corrected chi connectivity index (χ4v) is 1.99. The minimum atomic E-state index is -0.128. The van der Waals surface area contributed by atoms with Crippen molar-refractivity contribution in [2.75, 3.05) is 13.7 Å². The van der Waals surface area contributed by atoms with Crippen LogP contribution in [-0.4, -0.2) is 20.0 Å². The van der Waals surface area contributed by atoms with Crippen LogP contribution in [0.3, 0.4) is 0 Å². The van der Waals surface area contributed by atoms with Gasteiger partial charge >= 0.3 is 0 Å². The van der Waals surface area contributed by atoms with E-state index in [1.54, 1.807) is 7.11 Å². The van der Waals surface area contributed by atoms with E-state index >= 15 is 0 Å². The van der Waals surface area contributed by atoms with E-state index in [-0.39, 0.29) is 6.29 Å². The second-order valence-electron chi connectivity index (χ2n) is 3.71. The van der Waals surface area contributed by atoms with E-state index in [1.807, 2.05) is 18.2 Å². The molecule has 0 radical (unpaired) electrons. The van der Waals surface area contributed by atoms with Gasteiger partial charge in [0.1, 0.15) is 11.5 Å². The lowest BCUT2D eigenvalue weighted by Gasteiger charge is -2.24. The van der Waals surface area contributed by atoms with Crippen molar-refractivity contribution in [3.8, 4) is 11.5 Å². The fourth-order valence-electron chi connectivity index (χ4n) is 1.65. The summed E-state index contributed by atoms with van der Waals surface area (Å²) in [6.07, 6.45) is 3.10. The Balaban J connectivity index is 2.06. The highest BCUT2D eigenvalue weighted by atomic mass is 79.9. The first-order valence-electron chi connectivity index (χ1n) is 5.41. The van der Waals surface area contributed by atoms with Gasteiger partial charge in [-0.05, 0) is 40.9 Å². The molecule has 0 spiro atoms. The molecule has 1 aliphatic heterocycles. The average molecular weight is 287 g/mol. The SMILES string of the molecule is COc1ccc(Br)c(O[C@@H]2CCCCO2)c1. The summed E-state index contributed by atoms with van der Waals surface area (Å²) in [4.78, 5) is 0. The van der Waals surface area contributed by atoms with Crippen LogP contribution in [0.5, 0.6) is 11.5 Å². The molecule has 1 aromatic rings. The molecule has 2 rings (SSSR count). The lowest BCUT2D eigenvalue weighted by atomic mass is 10.2. The molecule has 0 aliphatic carbocycles. The van der Waals surface area contributed by atoms with E-state index in [0.717, 1.165) is 41.8 Å². The fraction of sp³-hybridized carbons (Fsp3) is 0.500. The summed E-state index contributed by atoms with van der Waals surface area (Å²) in [5, 5.41) is 0. The summed E-state index contributed by atoms with van der Waals surface area (Å²) in [6.45, 7) is 0.784. The van der Waals surface area contributed by atoms with Crippen molar-refractivity contribution in [2.45, 2.75) is 25.6 Å². The molecule has 1 atom stereocenters. The van der Waals surface area contributed by atoms with Gasteiger partial charge in [-0.2, -0.15) is 0 Å². The predicted molar refractivity (Wildman–Crippen MR) is 64.9 cm³/mol. The number of methoxy groups -OCH3 is 1. The molecule has 88 valence electrons. The average Bonchev–Trinajstić information content (AvgIpc) is 2.33. The minimum absolute atomic E-state index is 0.128. The van der Waals surface area contributed by atoms with Gasteiger partial charge in [0, 0.05) is 12.5 Å². The van der Waals surface area contributed by atoms with Gasteiger partial charge in [-0.25, -0.2) is 0 Å². The van der Waals surface area contributed by atoms with E-state index in [4.69, 9.17) is 14.2 Å². The Hall–Kier alpha value is -0.740. The largest absolute Gasteiger partial charge is 0.497 e. The first-order valence-corrected chi connectivity index (χ1v) is 6.20. The van der Waals surface area contributed by atoms with Gasteiger partial charge in [0.15, 0.2) is 6.29 Å². The minimum Gasteiger partial charge on any atom is -0.497 e. The molecule has 0 unspecified atom stereocenters. The molecule has 16 heavy (non-hydrogen) atoms. The van der Waals surface area contributed by atoms with Crippen molar-refractivity contribution in [1.82, 2.24) is 0 Å². The number of hydrogen-bond donors (Lipinski definition) is 0. The van der Waals surface area contributed by atoms with Crippen molar-refractivity contribution in [3.05, 3.63) is 22.7 Å². The molecule has 0 bridgehead atoms. The van der Waals surface area contributed by atoms with Gasteiger partial charge in [-0.3, -0.25) is 0 Å². The third-order valence-corrected chi connectivity index (χ3v) is 3.19. The lowest BCUT2D eigenvalue weighted by molar-refractivity contribution is -0.106. The van der Waals surface area contributed by atoms with Crippen molar-refractivity contribution >= 4 is 15.9 Å². The van der Waals surface area contributed by atoms with Gasteiger partial charge in [0.2, 0.25) is 0 Å². The molecule has 4 heteroatoms. The summed E-state index contributed by atoms with van der Waals surface area (Å²) in [5.74, 6) is 1.56. The van der Waals surface area contributed by atoms with E-state index in [1.165, 1.54) is 0 Å². The monoisotopic (exact) mass is 286 g/mol. The Morgan fingerprint density at radius 3 is 2.94 bits per heavy atom. The highest BCUT2D eigenvalue weighted by Gasteiger charge is 2.16. The highest BCUT2D eigenvalue weighted by Crippen LogP contribution is 2.31. The molecule has 0 aromatic heterocycles. The molecule has 0 N–H and O–H groups in total. The molecule has 0 amide bonds. The van der Waals surface area contributed by atoms with Crippen molar-refractivity contribution < 1.29 is 14.2 Å². The van der Waals surface area contributed by atoms with Crippen molar-refractivity contribution in [3.63, 3.8) is 0 Å². The van der Waals surface area contributed by atoms with Crippen LogP contribution in [0.25, 0.3) is 0 Å². The summed E-state index contributed by atoms with van der Waals surface area (Å²) in [6, 6.07) is 5.66. The predicted octanol–water partition coefficient (Wildman–Crippen LogP) is 3.36. The maximum atomic E-state index is 5.78. The smallest absolute Gasteiger partial charge is 0.199 e. The standard InChI is InChI=1S/C12H15BrO3/c1-14-9-5-6-10(13)11(8-9)16-12-4-2-3-7-15-12/h5-6,8,12H,2-4,7H2,1H3/t12-/m1/s1. The Kier molecular flexibility index (Phi) is 4.07. The Bertz CT molecular complexity index is 348. The van der Waals surface area contributed by atoms with Crippen molar-refractivity contribution in [1.29, 1.82) is 0 Å². The van der Waals surface area contributed by atoms with Crippen molar-refractivity contribution in [2.24, 2.45) is 0 Å². The van der Waals surface area contributed by atoms with Crippen LogP contribution in [0.4, 0.5) is 0 Å². The number of hydrogen-bond acceptors (Lipinski definition) is 3. The Morgan fingerprint density at radius 1 is 1.38 bits per heavy atom. The van der Waals surface area contributed by atoms with Gasteiger partial charge < -0.3 is 14.2 Å². The van der Waals surface area contributed by atoms with Crippen LogP contribution >= 0.6 is 15.9 Å². The molecule has 1 heterocycles. The van der Waals surface area contributed by atoms with E-state index in [9.17, 15) is 0 Å². The normalized spacial score (nSPS) is 20.5. The first kappa shape index (κ1) is 11.7. The second kappa shape index (κ2) is 5.55. The van der Waals surface area contributed by atoms with Gasteiger partial charge in [0.25, 0.3) is 0 Å². The lowest BCUT2D eigenvalue weighted by Crippen LogP contribution is -2.25. The summed E-state index contributed by atoms with van der Waals surface area (Å²) in [5.41, 5.74) is 0. The Morgan fingerprint density at radius 2 is 2.25 bits per heavy atom. The molecule has 1 aromatic carbocycles. The topological polar surface area (TPSA) is 27.7 Å². The van der Waals surface area contributed by atoms with Gasteiger partial charge in [0.05, 0.1) is 18.2 Å². The van der Waals surface area contributed by atoms with Crippen LogP contribution in [-0.2, 0) is 4.74 Å². The summed E-state index contributed by atoms with van der Waals surface area (Å²) >= 11 is 3.45. The van der Waals surface area contributed by atoms with Crippen LogP contribution < -0.4 is 9.47 Å². The summed E-state index contributed by atoms with van der Waals surface area (Å²) in [7, 11) is 1.64. The van der Waals surface area contributed by atoms with Crippen LogP contribution in [0, 0.1) is 0 Å². The van der Waals surface area contributed by atoms with Crippen LogP contribution in [0.1, 0.15) is 19.3 Å². The molecular formula is C12H15BrO3. The number of benzene rings is 1. The number of rotatable bonds is 3. The van der Waals surface area contributed by atoms with E-state index in [0.29, 0.717) is 0 Å². The number of ether oxygens (including phenoxy) is 3. The summed E-state index contributed by atoms with van der Waals surface area (Å²) < 4.78 is 17.4. The third kappa shape index (κ3) is 2.89. The maximum absolute atomic E-state index is 5.78. The second-order valence-corrected chi connectivity index (χ2v) is 4.56. The first-order chi connectivity index (χ1) is 7.79. The maximum Gasteiger partial charge on any atom is 0.199 e. The van der Waals surface area contributed by atoms with Gasteiger partial charge in [-0.1, -0.05) is 0 Å². The zero-order chi connectivity index (χ0) is 11.4. The molecule has 1 aliphatic rings. The molecule has 1 fully saturated rings. The third-order valence-electron chi connectivity index (χ3n) is 2.53.